The van der Waals surface area contributed by atoms with Crippen LogP contribution >= 0.6 is 0 Å². The molecule has 4 rings (SSSR count). The standard InChI is InChI=1S/C16H17N5/c1-3-13(14-5-6-17-12-19-14)11-21(9-1)16-15-4-2-8-20(15)10-7-18-16/h2,4-8,10,12-13H,1,3,9,11H2/t13-/m1/s1. The number of rotatable bonds is 2. The second-order valence-electron chi connectivity index (χ2n) is 5.47. The predicted octanol–water partition coefficient (Wildman–Crippen LogP) is 2.51. The first-order valence-corrected chi connectivity index (χ1v) is 7.34. The van der Waals surface area contributed by atoms with Gasteiger partial charge in [0.05, 0.1) is 5.52 Å². The molecule has 0 radical (unpaired) electrons. The summed E-state index contributed by atoms with van der Waals surface area (Å²) in [5.41, 5.74) is 2.30. The van der Waals surface area contributed by atoms with Crippen LogP contribution in [0.25, 0.3) is 5.52 Å². The first-order chi connectivity index (χ1) is 10.4. The summed E-state index contributed by atoms with van der Waals surface area (Å²) in [4.78, 5) is 15.4. The van der Waals surface area contributed by atoms with Crippen molar-refractivity contribution in [3.8, 4) is 0 Å². The maximum absolute atomic E-state index is 4.60. The van der Waals surface area contributed by atoms with E-state index in [0.29, 0.717) is 5.92 Å². The van der Waals surface area contributed by atoms with Gasteiger partial charge in [-0.3, -0.25) is 0 Å². The summed E-state index contributed by atoms with van der Waals surface area (Å²) in [5, 5.41) is 0. The number of fused-ring (bicyclic) bond motifs is 1. The van der Waals surface area contributed by atoms with Crippen LogP contribution < -0.4 is 4.90 Å². The molecule has 0 aliphatic carbocycles. The summed E-state index contributed by atoms with van der Waals surface area (Å²) < 4.78 is 2.12. The van der Waals surface area contributed by atoms with E-state index in [1.54, 1.807) is 6.33 Å². The molecule has 1 atom stereocenters. The molecule has 0 saturated carbocycles. The number of anilines is 1. The number of hydrogen-bond donors (Lipinski definition) is 0. The Bertz CT molecular complexity index is 737. The lowest BCUT2D eigenvalue weighted by molar-refractivity contribution is 0.498. The van der Waals surface area contributed by atoms with Crippen LogP contribution in [0.1, 0.15) is 24.5 Å². The molecule has 0 spiro atoms. The minimum absolute atomic E-state index is 0.457. The Morgan fingerprint density at radius 2 is 2.10 bits per heavy atom. The highest BCUT2D eigenvalue weighted by molar-refractivity contribution is 5.69. The molecule has 1 fully saturated rings. The van der Waals surface area contributed by atoms with Gasteiger partial charge in [-0.15, -0.1) is 0 Å². The molecule has 3 aromatic rings. The van der Waals surface area contributed by atoms with Crippen LogP contribution in [0, 0.1) is 0 Å². The Kier molecular flexibility index (Phi) is 3.03. The fourth-order valence-electron chi connectivity index (χ4n) is 3.15. The molecule has 0 unspecified atom stereocenters. The first-order valence-electron chi connectivity index (χ1n) is 7.34. The minimum Gasteiger partial charge on any atom is -0.354 e. The van der Waals surface area contributed by atoms with E-state index >= 15 is 0 Å². The fourth-order valence-corrected chi connectivity index (χ4v) is 3.15. The zero-order valence-corrected chi connectivity index (χ0v) is 11.8. The maximum Gasteiger partial charge on any atom is 0.152 e. The summed E-state index contributed by atoms with van der Waals surface area (Å²) in [6.45, 7) is 2.02. The van der Waals surface area contributed by atoms with Crippen LogP contribution in [-0.4, -0.2) is 32.4 Å². The number of piperidine rings is 1. The van der Waals surface area contributed by atoms with Crippen molar-refractivity contribution in [2.75, 3.05) is 18.0 Å². The molecule has 0 bridgehead atoms. The van der Waals surface area contributed by atoms with Gasteiger partial charge in [0.25, 0.3) is 0 Å². The van der Waals surface area contributed by atoms with Crippen molar-refractivity contribution < 1.29 is 0 Å². The summed E-state index contributed by atoms with van der Waals surface area (Å²) in [6, 6.07) is 6.21. The van der Waals surface area contributed by atoms with Gasteiger partial charge in [0, 0.05) is 49.5 Å². The molecule has 5 heteroatoms. The summed E-state index contributed by atoms with van der Waals surface area (Å²) in [5.74, 6) is 1.53. The fraction of sp³-hybridized carbons (Fsp3) is 0.312. The number of nitrogens with zero attached hydrogens (tertiary/aromatic N) is 5. The van der Waals surface area contributed by atoms with Crippen molar-refractivity contribution in [1.82, 2.24) is 19.4 Å². The first kappa shape index (κ1) is 12.3. The van der Waals surface area contributed by atoms with Gasteiger partial charge >= 0.3 is 0 Å². The van der Waals surface area contributed by atoms with E-state index in [1.807, 2.05) is 24.7 Å². The third-order valence-electron chi connectivity index (χ3n) is 4.18. The van der Waals surface area contributed by atoms with E-state index < -0.39 is 0 Å². The minimum atomic E-state index is 0.457. The SMILES string of the molecule is c1cc2c(N3CCC[C@@H](c4ccncn4)C3)nccn2c1. The van der Waals surface area contributed by atoms with Crippen molar-refractivity contribution in [2.24, 2.45) is 0 Å². The molecular formula is C16H17N5. The molecule has 5 nitrogen and oxygen atoms in total. The summed E-state index contributed by atoms with van der Waals surface area (Å²) >= 11 is 0. The average molecular weight is 279 g/mol. The molecule has 1 aliphatic rings. The van der Waals surface area contributed by atoms with Crippen LogP contribution in [0.15, 0.2) is 49.3 Å². The Morgan fingerprint density at radius 1 is 1.10 bits per heavy atom. The molecule has 0 N–H and O–H groups in total. The van der Waals surface area contributed by atoms with Crippen molar-refractivity contribution in [3.63, 3.8) is 0 Å². The van der Waals surface area contributed by atoms with E-state index in [2.05, 4.69) is 42.6 Å². The highest BCUT2D eigenvalue weighted by Crippen LogP contribution is 2.29. The van der Waals surface area contributed by atoms with Crippen molar-refractivity contribution in [2.45, 2.75) is 18.8 Å². The van der Waals surface area contributed by atoms with Crippen molar-refractivity contribution in [3.05, 3.63) is 55.0 Å². The Morgan fingerprint density at radius 3 is 3.00 bits per heavy atom. The van der Waals surface area contributed by atoms with Gasteiger partial charge in [-0.2, -0.15) is 0 Å². The van der Waals surface area contributed by atoms with Crippen LogP contribution in [0.2, 0.25) is 0 Å². The number of hydrogen-bond acceptors (Lipinski definition) is 4. The number of aromatic nitrogens is 4. The zero-order valence-electron chi connectivity index (χ0n) is 11.8. The van der Waals surface area contributed by atoms with E-state index in [4.69, 9.17) is 0 Å². The molecule has 0 amide bonds. The third kappa shape index (κ3) is 2.24. The molecule has 4 heterocycles. The van der Waals surface area contributed by atoms with E-state index in [0.717, 1.165) is 31.0 Å². The highest BCUT2D eigenvalue weighted by Gasteiger charge is 2.24. The van der Waals surface area contributed by atoms with Crippen LogP contribution in [0.3, 0.4) is 0 Å². The Hall–Kier alpha value is -2.43. The summed E-state index contributed by atoms with van der Waals surface area (Å²) in [6.07, 6.45) is 11.7. The predicted molar refractivity (Wildman–Crippen MR) is 81.4 cm³/mol. The zero-order chi connectivity index (χ0) is 14.1. The van der Waals surface area contributed by atoms with Gasteiger partial charge in [0.2, 0.25) is 0 Å². The average Bonchev–Trinajstić information content (AvgIpc) is 3.04. The largest absolute Gasteiger partial charge is 0.354 e. The lowest BCUT2D eigenvalue weighted by atomic mass is 9.94. The lowest BCUT2D eigenvalue weighted by Crippen LogP contribution is -2.35. The van der Waals surface area contributed by atoms with Crippen LogP contribution in [-0.2, 0) is 0 Å². The normalized spacial score (nSPS) is 19.0. The quantitative estimate of drug-likeness (QED) is 0.723. The summed E-state index contributed by atoms with van der Waals surface area (Å²) in [7, 11) is 0. The highest BCUT2D eigenvalue weighted by atomic mass is 15.2. The maximum atomic E-state index is 4.60. The molecular weight excluding hydrogens is 262 g/mol. The van der Waals surface area contributed by atoms with Crippen molar-refractivity contribution >= 4 is 11.3 Å². The van der Waals surface area contributed by atoms with Gasteiger partial charge in [-0.1, -0.05) is 0 Å². The monoisotopic (exact) mass is 279 g/mol. The molecule has 1 saturated heterocycles. The van der Waals surface area contributed by atoms with Gasteiger partial charge in [-0.25, -0.2) is 15.0 Å². The Labute approximate surface area is 123 Å². The van der Waals surface area contributed by atoms with Gasteiger partial charge < -0.3 is 9.30 Å². The van der Waals surface area contributed by atoms with Crippen molar-refractivity contribution in [1.29, 1.82) is 0 Å². The lowest BCUT2D eigenvalue weighted by Gasteiger charge is -2.33. The van der Waals surface area contributed by atoms with Gasteiger partial charge in [0.1, 0.15) is 6.33 Å². The molecule has 3 aromatic heterocycles. The molecule has 21 heavy (non-hydrogen) atoms. The van der Waals surface area contributed by atoms with Gasteiger partial charge in [0.15, 0.2) is 5.82 Å². The second kappa shape index (κ2) is 5.16. The van der Waals surface area contributed by atoms with E-state index in [9.17, 15) is 0 Å². The smallest absolute Gasteiger partial charge is 0.152 e. The molecule has 1 aliphatic heterocycles. The van der Waals surface area contributed by atoms with Gasteiger partial charge in [-0.05, 0) is 31.0 Å². The third-order valence-corrected chi connectivity index (χ3v) is 4.18. The molecule has 0 aromatic carbocycles. The second-order valence-corrected chi connectivity index (χ2v) is 5.47. The van der Waals surface area contributed by atoms with Crippen LogP contribution in [0.5, 0.6) is 0 Å². The molecule has 106 valence electrons. The van der Waals surface area contributed by atoms with Crippen LogP contribution in [0.4, 0.5) is 5.82 Å². The Balaban J connectivity index is 1.65. The topological polar surface area (TPSA) is 46.3 Å². The van der Waals surface area contributed by atoms with E-state index in [-0.39, 0.29) is 0 Å². The van der Waals surface area contributed by atoms with E-state index in [1.165, 1.54) is 11.9 Å².